The highest BCUT2D eigenvalue weighted by molar-refractivity contribution is 5.98. The first-order valence-electron chi connectivity index (χ1n) is 12.0. The molecule has 2 aromatic heterocycles. The van der Waals surface area contributed by atoms with Crippen LogP contribution in [0.25, 0.3) is 27.6 Å². The number of anilines is 1. The van der Waals surface area contributed by atoms with Crippen LogP contribution in [0.4, 0.5) is 5.69 Å². The van der Waals surface area contributed by atoms with Gasteiger partial charge in [-0.15, -0.1) is 0 Å². The van der Waals surface area contributed by atoms with Gasteiger partial charge in [-0.1, -0.05) is 43.2 Å². The number of rotatable bonds is 8. The fourth-order valence-corrected chi connectivity index (χ4v) is 4.10. The van der Waals surface area contributed by atoms with Crippen molar-refractivity contribution in [3.63, 3.8) is 0 Å². The number of aryl methyl sites for hydroxylation is 2. The van der Waals surface area contributed by atoms with Gasteiger partial charge in [-0.2, -0.15) is 0 Å². The summed E-state index contributed by atoms with van der Waals surface area (Å²) in [5.41, 5.74) is 9.87. The maximum absolute atomic E-state index is 3.43. The number of hydrogen-bond donors (Lipinski definition) is 3. The predicted octanol–water partition coefficient (Wildman–Crippen LogP) is 7.28. The lowest BCUT2D eigenvalue weighted by Crippen LogP contribution is -2.21. The number of allylic oxidation sites excluding steroid dienone is 1. The van der Waals surface area contributed by atoms with Crippen molar-refractivity contribution < 1.29 is 0 Å². The monoisotopic (exact) mass is 442 g/mol. The van der Waals surface area contributed by atoms with Crippen LogP contribution in [0.2, 0.25) is 0 Å². The molecule has 0 unspecified atom stereocenters. The normalized spacial score (nSPS) is 11.4. The zero-order chi connectivity index (χ0) is 23.8. The molecule has 0 saturated carbocycles. The summed E-state index contributed by atoms with van der Waals surface area (Å²) in [5, 5.41) is 4.52. The molecule has 0 radical (unpaired) electrons. The fraction of sp³-hybridized carbons (Fsp3) is 0.310. The summed E-state index contributed by atoms with van der Waals surface area (Å²) in [6, 6.07) is 15.3. The third-order valence-corrected chi connectivity index (χ3v) is 5.84. The minimum absolute atomic E-state index is 0.966. The van der Waals surface area contributed by atoms with Gasteiger partial charge in [0.1, 0.15) is 0 Å². The molecule has 0 spiro atoms. The first kappa shape index (κ1) is 24.4. The second-order valence-electron chi connectivity index (χ2n) is 8.33. The van der Waals surface area contributed by atoms with E-state index in [1.54, 1.807) is 0 Å². The van der Waals surface area contributed by atoms with Crippen molar-refractivity contribution in [3.05, 3.63) is 83.9 Å². The Hall–Kier alpha value is -3.24. The summed E-state index contributed by atoms with van der Waals surface area (Å²) in [6.07, 6.45) is 9.70. The van der Waals surface area contributed by atoms with Crippen LogP contribution < -0.4 is 10.2 Å². The Morgan fingerprint density at radius 2 is 1.67 bits per heavy atom. The molecule has 0 saturated heterocycles. The zero-order valence-corrected chi connectivity index (χ0v) is 20.9. The lowest BCUT2D eigenvalue weighted by molar-refractivity contribution is 0.721. The zero-order valence-electron chi connectivity index (χ0n) is 20.9. The lowest BCUT2D eigenvalue weighted by atomic mass is 9.99. The largest absolute Gasteiger partial charge is 0.366 e. The van der Waals surface area contributed by atoms with E-state index in [2.05, 4.69) is 108 Å². The van der Waals surface area contributed by atoms with Gasteiger partial charge in [0.15, 0.2) is 0 Å². The topological polar surface area (TPSA) is 46.8 Å². The third-order valence-electron chi connectivity index (χ3n) is 5.84. The smallest absolute Gasteiger partial charge is 0.0460 e. The van der Waals surface area contributed by atoms with Crippen LogP contribution >= 0.6 is 0 Å². The molecule has 4 rings (SSSR count). The molecular weight excluding hydrogens is 404 g/mol. The highest BCUT2D eigenvalue weighted by atomic mass is 15.1. The van der Waals surface area contributed by atoms with Crippen molar-refractivity contribution in [2.45, 2.75) is 41.0 Å². The molecule has 0 fully saturated rings. The summed E-state index contributed by atoms with van der Waals surface area (Å²) in [6.45, 7) is 12.4. The van der Waals surface area contributed by atoms with Crippen molar-refractivity contribution in [3.8, 4) is 11.1 Å². The number of H-pyrrole nitrogens is 2. The van der Waals surface area contributed by atoms with E-state index in [-0.39, 0.29) is 0 Å². The average Bonchev–Trinajstić information content (AvgIpc) is 3.47. The van der Waals surface area contributed by atoms with E-state index in [0.717, 1.165) is 19.5 Å². The molecule has 0 aliphatic heterocycles. The number of aromatic nitrogens is 2. The van der Waals surface area contributed by atoms with Gasteiger partial charge < -0.3 is 20.2 Å². The first-order valence-corrected chi connectivity index (χ1v) is 12.0. The van der Waals surface area contributed by atoms with E-state index in [1.165, 1.54) is 50.0 Å². The number of nitrogens with one attached hydrogen (secondary N) is 3. The molecule has 0 amide bonds. The highest BCUT2D eigenvalue weighted by Gasteiger charge is 2.14. The van der Waals surface area contributed by atoms with Gasteiger partial charge in [0.05, 0.1) is 0 Å². The Kier molecular flexibility index (Phi) is 8.56. The minimum Gasteiger partial charge on any atom is -0.366 e. The number of benzene rings is 2. The maximum Gasteiger partial charge on any atom is 0.0460 e. The van der Waals surface area contributed by atoms with E-state index >= 15 is 0 Å². The van der Waals surface area contributed by atoms with Crippen LogP contribution in [-0.4, -0.2) is 30.1 Å². The van der Waals surface area contributed by atoms with Crippen molar-refractivity contribution in [1.82, 2.24) is 15.3 Å². The Balaban J connectivity index is 0.00000149. The highest BCUT2D eigenvalue weighted by Crippen LogP contribution is 2.35. The summed E-state index contributed by atoms with van der Waals surface area (Å²) in [4.78, 5) is 9.13. The second kappa shape index (κ2) is 11.6. The number of fused-ring (bicyclic) bond motifs is 1. The summed E-state index contributed by atoms with van der Waals surface area (Å²) >= 11 is 0. The third kappa shape index (κ3) is 5.77. The lowest BCUT2D eigenvalue weighted by Gasteiger charge is -2.22. The molecule has 3 N–H and O–H groups in total. The number of aromatic amines is 2. The quantitative estimate of drug-likeness (QED) is 0.251. The molecule has 0 atom stereocenters. The van der Waals surface area contributed by atoms with E-state index in [1.807, 2.05) is 20.9 Å². The van der Waals surface area contributed by atoms with Crippen LogP contribution in [0, 0.1) is 13.8 Å². The van der Waals surface area contributed by atoms with E-state index in [0.29, 0.717) is 0 Å². The number of hydrogen-bond acceptors (Lipinski definition) is 2. The summed E-state index contributed by atoms with van der Waals surface area (Å²) in [5.74, 6) is 0. The number of nitrogens with zero attached hydrogens (tertiary/aromatic N) is 1. The molecule has 2 heterocycles. The van der Waals surface area contributed by atoms with Crippen LogP contribution in [-0.2, 0) is 0 Å². The van der Waals surface area contributed by atoms with Gasteiger partial charge in [0.25, 0.3) is 0 Å². The molecule has 33 heavy (non-hydrogen) atoms. The Morgan fingerprint density at radius 1 is 0.939 bits per heavy atom. The average molecular weight is 443 g/mol. The maximum atomic E-state index is 3.43. The molecule has 0 bridgehead atoms. The Morgan fingerprint density at radius 3 is 2.39 bits per heavy atom. The molecule has 0 aliphatic rings. The molecule has 2 aromatic carbocycles. The standard InChI is InChI=1S/C27H32N4.C2H6/c1-19-6-9-22(10-7-19)31(13-5-12-28-4)18-21(3)24-15-29-16-25(24)26-17-30-27-11-8-20(2)14-23(26)27;1-2/h6-11,14-18,28-30H,5,12-13H2,1-4H3;1-2H3/b21-18+;. The molecule has 4 nitrogen and oxygen atoms in total. The SMILES string of the molecule is CC.CNCCCN(/C=C(\C)c1c[nH]cc1-c1c[nH]c2ccc(C)cc12)c1ccc(C)cc1. The minimum atomic E-state index is 0.966. The fourth-order valence-electron chi connectivity index (χ4n) is 4.10. The summed E-state index contributed by atoms with van der Waals surface area (Å²) < 4.78 is 0. The molecule has 174 valence electrons. The van der Waals surface area contributed by atoms with Crippen LogP contribution in [0.3, 0.4) is 0 Å². The van der Waals surface area contributed by atoms with Crippen molar-refractivity contribution >= 4 is 22.2 Å². The first-order chi connectivity index (χ1) is 16.1. The van der Waals surface area contributed by atoms with E-state index < -0.39 is 0 Å². The van der Waals surface area contributed by atoms with E-state index in [4.69, 9.17) is 0 Å². The van der Waals surface area contributed by atoms with Crippen LogP contribution in [0.5, 0.6) is 0 Å². The van der Waals surface area contributed by atoms with Gasteiger partial charge in [0.2, 0.25) is 0 Å². The van der Waals surface area contributed by atoms with Crippen molar-refractivity contribution in [1.29, 1.82) is 0 Å². The van der Waals surface area contributed by atoms with Gasteiger partial charge in [-0.3, -0.25) is 0 Å². The van der Waals surface area contributed by atoms with Gasteiger partial charge in [-0.25, -0.2) is 0 Å². The van der Waals surface area contributed by atoms with Crippen LogP contribution in [0.1, 0.15) is 43.9 Å². The predicted molar refractivity (Wildman–Crippen MR) is 145 cm³/mol. The van der Waals surface area contributed by atoms with E-state index in [9.17, 15) is 0 Å². The Labute approximate surface area is 198 Å². The second-order valence-corrected chi connectivity index (χ2v) is 8.33. The molecule has 0 aliphatic carbocycles. The van der Waals surface area contributed by atoms with Gasteiger partial charge in [-0.05, 0) is 70.6 Å². The van der Waals surface area contributed by atoms with Crippen molar-refractivity contribution in [2.24, 2.45) is 0 Å². The molecule has 4 heteroatoms. The molecular formula is C29H38N4. The van der Waals surface area contributed by atoms with Gasteiger partial charge >= 0.3 is 0 Å². The van der Waals surface area contributed by atoms with Crippen molar-refractivity contribution in [2.75, 3.05) is 25.0 Å². The molecule has 4 aromatic rings. The summed E-state index contributed by atoms with van der Waals surface area (Å²) in [7, 11) is 2.01. The van der Waals surface area contributed by atoms with Gasteiger partial charge in [0, 0.05) is 64.6 Å². The van der Waals surface area contributed by atoms with Crippen LogP contribution in [0.15, 0.2) is 67.3 Å². The Bertz CT molecular complexity index is 1180.